The molecule has 0 aromatic heterocycles. The summed E-state index contributed by atoms with van der Waals surface area (Å²) in [7, 11) is 1.25. The summed E-state index contributed by atoms with van der Waals surface area (Å²) in [6.07, 6.45) is 0.620. The maximum Gasteiger partial charge on any atom is 0.338 e. The molecule has 0 unspecified atom stereocenters. The second kappa shape index (κ2) is 13.7. The Labute approximate surface area is 249 Å². The minimum Gasteiger partial charge on any atom is -0.508 e. The Kier molecular flexibility index (Phi) is 10.5. The van der Waals surface area contributed by atoms with E-state index in [-0.39, 0.29) is 40.9 Å². The van der Waals surface area contributed by atoms with Gasteiger partial charge in [-0.25, -0.2) is 9.18 Å². The number of halogens is 2. The fourth-order valence-electron chi connectivity index (χ4n) is 4.98. The molecule has 3 aromatic carbocycles. The van der Waals surface area contributed by atoms with E-state index in [9.17, 15) is 29.0 Å². The number of amides is 1. The van der Waals surface area contributed by atoms with Crippen molar-refractivity contribution in [3.8, 4) is 17.2 Å². The van der Waals surface area contributed by atoms with E-state index >= 15 is 0 Å². The average Bonchev–Trinajstić information content (AvgIpc) is 3.16. The minimum atomic E-state index is -0.982. The van der Waals surface area contributed by atoms with Gasteiger partial charge in [-0.15, -0.1) is 12.4 Å². The first-order chi connectivity index (χ1) is 19.5. The van der Waals surface area contributed by atoms with Gasteiger partial charge in [-0.2, -0.15) is 0 Å². The van der Waals surface area contributed by atoms with Crippen molar-refractivity contribution in [3.05, 3.63) is 87.2 Å². The van der Waals surface area contributed by atoms with Crippen molar-refractivity contribution in [2.24, 2.45) is 0 Å². The second-order valence-electron chi connectivity index (χ2n) is 10.1. The Bertz CT molecular complexity index is 1490. The van der Waals surface area contributed by atoms with Gasteiger partial charge in [0.05, 0.1) is 18.7 Å². The number of ether oxygens (including phenoxy) is 2. The SMILES string of the molecule is COc1ccc(O)c(C(=O)c2ccc(C(=O)O[C@@H]3CCCNC[C@H]3NC(=O)c3c(C)cc(O)c(C)c3C)cc2)c1F.Cl. The molecule has 1 amide bonds. The highest BCUT2D eigenvalue weighted by molar-refractivity contribution is 6.11. The van der Waals surface area contributed by atoms with E-state index in [0.29, 0.717) is 41.8 Å². The first-order valence-corrected chi connectivity index (χ1v) is 13.3. The number of carbonyl (C=O) groups excluding carboxylic acids is 3. The largest absolute Gasteiger partial charge is 0.508 e. The monoisotopic (exact) mass is 600 g/mol. The molecule has 0 radical (unpaired) electrons. The highest BCUT2D eigenvalue weighted by atomic mass is 35.5. The normalized spacial score (nSPS) is 16.5. The number of benzene rings is 3. The molecule has 224 valence electrons. The van der Waals surface area contributed by atoms with E-state index in [0.717, 1.165) is 6.42 Å². The number of aromatic hydroxyl groups is 2. The molecular weight excluding hydrogens is 567 g/mol. The van der Waals surface area contributed by atoms with Crippen LogP contribution in [0.3, 0.4) is 0 Å². The summed E-state index contributed by atoms with van der Waals surface area (Å²) < 4.78 is 25.4. The van der Waals surface area contributed by atoms with Gasteiger partial charge in [-0.05, 0) is 87.2 Å². The van der Waals surface area contributed by atoms with Gasteiger partial charge in [0, 0.05) is 17.7 Å². The van der Waals surface area contributed by atoms with Gasteiger partial charge in [0.1, 0.15) is 23.2 Å². The van der Waals surface area contributed by atoms with Gasteiger partial charge >= 0.3 is 5.97 Å². The zero-order valence-corrected chi connectivity index (χ0v) is 24.6. The number of ketones is 1. The smallest absolute Gasteiger partial charge is 0.338 e. The van der Waals surface area contributed by atoms with Gasteiger partial charge in [0.25, 0.3) is 5.91 Å². The molecule has 1 saturated heterocycles. The van der Waals surface area contributed by atoms with Crippen LogP contribution in [-0.2, 0) is 4.74 Å². The Morgan fingerprint density at radius 3 is 2.29 bits per heavy atom. The van der Waals surface area contributed by atoms with E-state index in [1.807, 2.05) is 0 Å². The molecular formula is C31H34ClFN2O7. The van der Waals surface area contributed by atoms with Crippen molar-refractivity contribution < 1.29 is 38.5 Å². The Morgan fingerprint density at radius 2 is 1.62 bits per heavy atom. The highest BCUT2D eigenvalue weighted by Gasteiger charge is 2.30. The predicted octanol–water partition coefficient (Wildman–Crippen LogP) is 4.53. The molecule has 0 aliphatic carbocycles. The van der Waals surface area contributed by atoms with Crippen molar-refractivity contribution in [3.63, 3.8) is 0 Å². The molecule has 42 heavy (non-hydrogen) atoms. The molecule has 1 heterocycles. The summed E-state index contributed by atoms with van der Waals surface area (Å²) in [5, 5.41) is 26.4. The number of nitrogens with one attached hydrogen (secondary N) is 2. The van der Waals surface area contributed by atoms with E-state index in [1.54, 1.807) is 26.8 Å². The minimum absolute atomic E-state index is 0. The molecule has 9 nitrogen and oxygen atoms in total. The van der Waals surface area contributed by atoms with E-state index in [2.05, 4.69) is 10.6 Å². The van der Waals surface area contributed by atoms with E-state index in [1.165, 1.54) is 43.5 Å². The standard InChI is InChI=1S/C31H33FN2O7.ClH/c1-16-14-23(36)17(2)18(3)26(16)30(38)34-21-15-33-13-5-6-24(21)41-31(39)20-9-7-19(8-10-20)29(37)27-22(35)11-12-25(40-4)28(27)32;/h7-12,14,21,24,33,35-36H,5-6,13,15H2,1-4H3,(H,34,38);1H/t21-,24-;/m1./s1. The number of carbonyl (C=O) groups is 3. The Hall–Kier alpha value is -4.15. The van der Waals surface area contributed by atoms with Crippen molar-refractivity contribution in [1.82, 2.24) is 10.6 Å². The summed E-state index contributed by atoms with van der Waals surface area (Å²) in [6, 6.07) is 8.91. The van der Waals surface area contributed by atoms with Gasteiger partial charge in [-0.3, -0.25) is 9.59 Å². The maximum absolute atomic E-state index is 14.7. The zero-order chi connectivity index (χ0) is 29.8. The topological polar surface area (TPSA) is 134 Å². The number of phenols is 2. The van der Waals surface area contributed by atoms with Crippen LogP contribution in [0.4, 0.5) is 4.39 Å². The molecule has 1 aliphatic rings. The molecule has 0 bridgehead atoms. The Morgan fingerprint density at radius 1 is 0.952 bits per heavy atom. The summed E-state index contributed by atoms with van der Waals surface area (Å²) in [5.41, 5.74) is 2.09. The van der Waals surface area contributed by atoms with Crippen LogP contribution in [-0.4, -0.2) is 60.2 Å². The number of aryl methyl sites for hydroxylation is 1. The van der Waals surface area contributed by atoms with Crippen LogP contribution in [0, 0.1) is 26.6 Å². The molecule has 0 spiro atoms. The van der Waals surface area contributed by atoms with Crippen molar-refractivity contribution >= 4 is 30.1 Å². The van der Waals surface area contributed by atoms with Crippen LogP contribution in [0.15, 0.2) is 42.5 Å². The first kappa shape index (κ1) is 32.4. The summed E-state index contributed by atoms with van der Waals surface area (Å²) in [6.45, 7) is 6.36. The lowest BCUT2D eigenvalue weighted by Crippen LogP contribution is -2.49. The van der Waals surface area contributed by atoms with Crippen LogP contribution < -0.4 is 15.4 Å². The highest BCUT2D eigenvalue weighted by Crippen LogP contribution is 2.30. The number of hydrogen-bond acceptors (Lipinski definition) is 8. The molecule has 4 rings (SSSR count). The van der Waals surface area contributed by atoms with Crippen LogP contribution in [0.25, 0.3) is 0 Å². The third kappa shape index (κ3) is 6.66. The van der Waals surface area contributed by atoms with E-state index in [4.69, 9.17) is 9.47 Å². The lowest BCUT2D eigenvalue weighted by atomic mass is 9.96. The molecule has 2 atom stereocenters. The van der Waals surface area contributed by atoms with Crippen LogP contribution in [0.1, 0.15) is 66.2 Å². The van der Waals surface area contributed by atoms with Crippen molar-refractivity contribution in [2.45, 2.75) is 45.8 Å². The van der Waals surface area contributed by atoms with Crippen LogP contribution in [0.2, 0.25) is 0 Å². The maximum atomic E-state index is 14.7. The molecule has 3 aromatic rings. The number of esters is 1. The van der Waals surface area contributed by atoms with Gasteiger partial charge in [0.15, 0.2) is 17.3 Å². The molecule has 11 heteroatoms. The molecule has 1 fully saturated rings. The lowest BCUT2D eigenvalue weighted by molar-refractivity contribution is 0.0191. The number of methoxy groups -OCH3 is 1. The molecule has 0 saturated carbocycles. The van der Waals surface area contributed by atoms with E-state index < -0.39 is 41.0 Å². The number of hydrogen-bond donors (Lipinski definition) is 4. The first-order valence-electron chi connectivity index (χ1n) is 13.3. The fraction of sp³-hybridized carbons (Fsp3) is 0.323. The summed E-state index contributed by atoms with van der Waals surface area (Å²) >= 11 is 0. The third-order valence-electron chi connectivity index (χ3n) is 7.44. The summed E-state index contributed by atoms with van der Waals surface area (Å²) in [5.74, 6) is -3.31. The predicted molar refractivity (Wildman–Crippen MR) is 157 cm³/mol. The van der Waals surface area contributed by atoms with Gasteiger partial charge in [-0.1, -0.05) is 12.1 Å². The van der Waals surface area contributed by atoms with Gasteiger partial charge in [0.2, 0.25) is 0 Å². The second-order valence-corrected chi connectivity index (χ2v) is 10.1. The average molecular weight is 601 g/mol. The zero-order valence-electron chi connectivity index (χ0n) is 23.7. The van der Waals surface area contributed by atoms with Crippen LogP contribution >= 0.6 is 12.4 Å². The fourth-order valence-corrected chi connectivity index (χ4v) is 4.98. The van der Waals surface area contributed by atoms with Crippen LogP contribution in [0.5, 0.6) is 17.2 Å². The quantitative estimate of drug-likeness (QED) is 0.230. The number of rotatable bonds is 7. The van der Waals surface area contributed by atoms with Crippen molar-refractivity contribution in [2.75, 3.05) is 20.2 Å². The molecule has 1 aliphatic heterocycles. The van der Waals surface area contributed by atoms with Crippen molar-refractivity contribution in [1.29, 1.82) is 0 Å². The Balaban J connectivity index is 0.00000484. The lowest BCUT2D eigenvalue weighted by Gasteiger charge is -2.27. The third-order valence-corrected chi connectivity index (χ3v) is 7.44. The molecule has 4 N–H and O–H groups in total. The summed E-state index contributed by atoms with van der Waals surface area (Å²) in [4.78, 5) is 39.3. The number of phenolic OH excluding ortho intramolecular Hbond substituents is 2. The van der Waals surface area contributed by atoms with Gasteiger partial charge < -0.3 is 30.3 Å².